The van der Waals surface area contributed by atoms with Crippen molar-refractivity contribution in [2.24, 2.45) is 4.99 Å². The van der Waals surface area contributed by atoms with Gasteiger partial charge < -0.3 is 15.5 Å². The van der Waals surface area contributed by atoms with Gasteiger partial charge in [0.2, 0.25) is 6.17 Å². The zero-order valence-corrected chi connectivity index (χ0v) is 18.0. The molecule has 0 spiro atoms. The summed E-state index contributed by atoms with van der Waals surface area (Å²) in [6.07, 6.45) is -1.23. The molecule has 9 nitrogen and oxygen atoms in total. The van der Waals surface area contributed by atoms with Crippen LogP contribution in [0.15, 0.2) is 77.8 Å². The number of urea groups is 1. The number of benzodiazepines with no additional fused rings is 1. The molecule has 0 saturated heterocycles. The van der Waals surface area contributed by atoms with Gasteiger partial charge in [-0.3, -0.25) is 14.9 Å². The van der Waals surface area contributed by atoms with Gasteiger partial charge in [-0.05, 0) is 24.6 Å². The summed E-state index contributed by atoms with van der Waals surface area (Å²) in [5.74, 6) is -0.443. The molecule has 1 unspecified atom stereocenters. The van der Waals surface area contributed by atoms with Gasteiger partial charge >= 0.3 is 6.03 Å². The largest absolute Gasteiger partial charge is 0.321 e. The van der Waals surface area contributed by atoms with E-state index in [1.54, 1.807) is 20.0 Å². The summed E-state index contributed by atoms with van der Waals surface area (Å²) in [7, 11) is 1.61. The lowest BCUT2D eigenvalue weighted by Gasteiger charge is -2.21. The number of fused-ring (bicyclic) bond motifs is 1. The van der Waals surface area contributed by atoms with E-state index < -0.39 is 23.0 Å². The van der Waals surface area contributed by atoms with E-state index in [-0.39, 0.29) is 11.4 Å². The minimum Gasteiger partial charge on any atom is -0.311 e. The van der Waals surface area contributed by atoms with Crippen LogP contribution in [0.5, 0.6) is 0 Å². The third-order valence-electron chi connectivity index (χ3n) is 5.26. The lowest BCUT2D eigenvalue weighted by atomic mass is 10.0. The first kappa shape index (κ1) is 21.7. The quantitative estimate of drug-likeness (QED) is 0.470. The fourth-order valence-corrected chi connectivity index (χ4v) is 3.62. The molecule has 0 saturated carbocycles. The Balaban J connectivity index is 1.68. The van der Waals surface area contributed by atoms with Crippen LogP contribution in [-0.4, -0.2) is 35.8 Å². The third-order valence-corrected chi connectivity index (χ3v) is 5.26. The fraction of sp³-hybridized carbons (Fsp3) is 0.125. The summed E-state index contributed by atoms with van der Waals surface area (Å²) >= 11 is 0. The van der Waals surface area contributed by atoms with Crippen LogP contribution in [0.25, 0.3) is 0 Å². The van der Waals surface area contributed by atoms with Crippen molar-refractivity contribution in [1.82, 2.24) is 5.32 Å². The molecule has 1 aliphatic rings. The molecule has 33 heavy (non-hydrogen) atoms. The number of anilines is 2. The highest BCUT2D eigenvalue weighted by atomic mass is 16.6. The number of aliphatic imine (C=N–C) groups is 1. The molecule has 1 aliphatic heterocycles. The van der Waals surface area contributed by atoms with Crippen LogP contribution in [0.4, 0.5) is 21.9 Å². The molecule has 0 aliphatic carbocycles. The summed E-state index contributed by atoms with van der Waals surface area (Å²) in [5.41, 5.74) is 3.21. The number of nitro benzene ring substituents is 1. The summed E-state index contributed by atoms with van der Waals surface area (Å²) in [6.45, 7) is 1.72. The van der Waals surface area contributed by atoms with Crippen LogP contribution in [0.3, 0.4) is 0 Å². The summed E-state index contributed by atoms with van der Waals surface area (Å²) in [4.78, 5) is 42.7. The summed E-state index contributed by atoms with van der Waals surface area (Å²) < 4.78 is 0. The molecule has 0 radical (unpaired) electrons. The molecule has 2 N–H and O–H groups in total. The second kappa shape index (κ2) is 8.91. The number of aryl methyl sites for hydroxylation is 1. The van der Waals surface area contributed by atoms with Crippen LogP contribution in [-0.2, 0) is 4.79 Å². The highest BCUT2D eigenvalue weighted by molar-refractivity contribution is 6.20. The van der Waals surface area contributed by atoms with Gasteiger partial charge in [-0.1, -0.05) is 54.6 Å². The maximum atomic E-state index is 13.2. The Kier molecular flexibility index (Phi) is 5.86. The highest BCUT2D eigenvalue weighted by Crippen LogP contribution is 2.28. The van der Waals surface area contributed by atoms with Crippen LogP contribution < -0.4 is 15.5 Å². The van der Waals surface area contributed by atoms with Gasteiger partial charge in [0.1, 0.15) is 5.69 Å². The molecule has 9 heteroatoms. The fourth-order valence-electron chi connectivity index (χ4n) is 3.62. The normalized spacial score (nSPS) is 15.2. The first-order valence-corrected chi connectivity index (χ1v) is 10.2. The van der Waals surface area contributed by atoms with E-state index in [2.05, 4.69) is 15.6 Å². The van der Waals surface area contributed by atoms with Crippen molar-refractivity contribution in [3.05, 3.63) is 99.6 Å². The second-order valence-corrected chi connectivity index (χ2v) is 7.54. The van der Waals surface area contributed by atoms with Gasteiger partial charge in [0.15, 0.2) is 0 Å². The Morgan fingerprint density at radius 1 is 1.06 bits per heavy atom. The van der Waals surface area contributed by atoms with E-state index in [1.807, 2.05) is 54.6 Å². The number of nitro groups is 1. The van der Waals surface area contributed by atoms with Gasteiger partial charge in [-0.15, -0.1) is 0 Å². The number of amides is 3. The van der Waals surface area contributed by atoms with Gasteiger partial charge in [0.05, 0.1) is 16.3 Å². The van der Waals surface area contributed by atoms with Crippen LogP contribution in [0.1, 0.15) is 16.7 Å². The molecule has 0 bridgehead atoms. The van der Waals surface area contributed by atoms with Crippen molar-refractivity contribution in [2.45, 2.75) is 13.1 Å². The monoisotopic (exact) mass is 443 g/mol. The SMILES string of the molecule is Cc1ccc(NC(=O)NC2N=C(c3ccccc3)c3ccccc3N(C)C2=O)c([N+](=O)[O-])c1. The van der Waals surface area contributed by atoms with Crippen molar-refractivity contribution in [1.29, 1.82) is 0 Å². The predicted molar refractivity (Wildman–Crippen MR) is 126 cm³/mol. The third kappa shape index (κ3) is 4.42. The second-order valence-electron chi connectivity index (χ2n) is 7.54. The molecule has 4 rings (SSSR count). The summed E-state index contributed by atoms with van der Waals surface area (Å²) in [6, 6.07) is 20.4. The lowest BCUT2D eigenvalue weighted by Crippen LogP contribution is -2.47. The van der Waals surface area contributed by atoms with Crippen molar-refractivity contribution >= 4 is 34.7 Å². The first-order chi connectivity index (χ1) is 15.8. The van der Waals surface area contributed by atoms with Gasteiger partial charge in [-0.2, -0.15) is 0 Å². The number of likely N-dealkylation sites (N-methyl/N-ethyl adjacent to an activating group) is 1. The predicted octanol–water partition coefficient (Wildman–Crippen LogP) is 3.86. The van der Waals surface area contributed by atoms with Gasteiger partial charge in [0.25, 0.3) is 11.6 Å². The number of benzene rings is 3. The van der Waals surface area contributed by atoms with E-state index in [9.17, 15) is 19.7 Å². The molecule has 1 atom stereocenters. The Bertz CT molecular complexity index is 1270. The number of carbonyl (C=O) groups excluding carboxylic acids is 2. The van der Waals surface area contributed by atoms with E-state index in [4.69, 9.17) is 0 Å². The van der Waals surface area contributed by atoms with Crippen molar-refractivity contribution in [3.8, 4) is 0 Å². The standard InChI is InChI=1S/C24H21N5O4/c1-15-12-13-18(20(14-15)29(32)33)25-24(31)27-22-23(30)28(2)19-11-7-6-10-17(19)21(26-22)16-8-4-3-5-9-16/h3-14,22H,1-2H3,(H2,25,27,31). The number of carbonyl (C=O) groups is 2. The van der Waals surface area contributed by atoms with Crippen molar-refractivity contribution in [3.63, 3.8) is 0 Å². The molecular formula is C24H21N5O4. The Morgan fingerprint density at radius 3 is 2.48 bits per heavy atom. The average Bonchev–Trinajstić information content (AvgIpc) is 2.91. The van der Waals surface area contributed by atoms with Crippen molar-refractivity contribution < 1.29 is 14.5 Å². The van der Waals surface area contributed by atoms with E-state index >= 15 is 0 Å². The molecular weight excluding hydrogens is 422 g/mol. The van der Waals surface area contributed by atoms with Gasteiger partial charge in [0, 0.05) is 24.2 Å². The average molecular weight is 443 g/mol. The minimum atomic E-state index is -1.23. The van der Waals surface area contributed by atoms with Crippen molar-refractivity contribution in [2.75, 3.05) is 17.3 Å². The lowest BCUT2D eigenvalue weighted by molar-refractivity contribution is -0.384. The van der Waals surface area contributed by atoms with E-state index in [0.717, 1.165) is 11.1 Å². The Hall–Kier alpha value is -4.53. The molecule has 3 amide bonds. The maximum absolute atomic E-state index is 13.2. The Morgan fingerprint density at radius 2 is 1.76 bits per heavy atom. The molecule has 1 heterocycles. The molecule has 3 aromatic rings. The van der Waals surface area contributed by atoms with Crippen LogP contribution in [0, 0.1) is 17.0 Å². The molecule has 0 aromatic heterocycles. The smallest absolute Gasteiger partial charge is 0.311 e. The summed E-state index contributed by atoms with van der Waals surface area (Å²) in [5, 5.41) is 16.4. The van der Waals surface area contributed by atoms with Crippen LogP contribution in [0.2, 0.25) is 0 Å². The first-order valence-electron chi connectivity index (χ1n) is 10.2. The number of hydrogen-bond acceptors (Lipinski definition) is 5. The highest BCUT2D eigenvalue weighted by Gasteiger charge is 2.31. The molecule has 3 aromatic carbocycles. The minimum absolute atomic E-state index is 0.0214. The number of para-hydroxylation sites is 1. The number of nitrogens with zero attached hydrogens (tertiary/aromatic N) is 3. The topological polar surface area (TPSA) is 117 Å². The zero-order chi connectivity index (χ0) is 23.5. The number of hydrogen-bond donors (Lipinski definition) is 2. The molecule has 166 valence electrons. The van der Waals surface area contributed by atoms with E-state index in [1.165, 1.54) is 17.0 Å². The van der Waals surface area contributed by atoms with E-state index in [0.29, 0.717) is 17.0 Å². The van der Waals surface area contributed by atoms with Gasteiger partial charge in [-0.25, -0.2) is 9.79 Å². The van der Waals surface area contributed by atoms with Crippen LogP contribution >= 0.6 is 0 Å². The number of nitrogens with one attached hydrogen (secondary N) is 2. The number of rotatable bonds is 4. The maximum Gasteiger partial charge on any atom is 0.321 e. The Labute approximate surface area is 189 Å². The zero-order valence-electron chi connectivity index (χ0n) is 18.0. The molecule has 0 fully saturated rings.